The van der Waals surface area contributed by atoms with Crippen molar-refractivity contribution in [2.45, 2.75) is 39.7 Å². The van der Waals surface area contributed by atoms with Crippen LogP contribution in [0.15, 0.2) is 0 Å². The molecule has 108 valence electrons. The Morgan fingerprint density at radius 3 is 2.58 bits per heavy atom. The van der Waals surface area contributed by atoms with Crippen LogP contribution in [0.2, 0.25) is 0 Å². The quantitative estimate of drug-likeness (QED) is 0.480. The van der Waals surface area contributed by atoms with Crippen molar-refractivity contribution in [1.29, 1.82) is 0 Å². The second-order valence-electron chi connectivity index (χ2n) is 4.31. The monoisotopic (exact) mass is 268 g/mol. The fourth-order valence-corrected chi connectivity index (χ4v) is 2.08. The van der Waals surface area contributed by atoms with E-state index in [2.05, 4.69) is 5.10 Å². The zero-order chi connectivity index (χ0) is 14.1. The predicted octanol–water partition coefficient (Wildman–Crippen LogP) is 1.87. The first kappa shape index (κ1) is 15.9. The molecule has 1 aromatic heterocycles. The maximum absolute atomic E-state index is 11.1. The van der Waals surface area contributed by atoms with E-state index in [1.54, 1.807) is 7.11 Å². The number of hydrogen-bond donors (Lipinski definition) is 0. The minimum absolute atomic E-state index is 0.611. The highest BCUT2D eigenvalue weighted by Gasteiger charge is 2.14. The zero-order valence-electron chi connectivity index (χ0n) is 12.1. The van der Waals surface area contributed by atoms with Crippen molar-refractivity contribution < 1.29 is 14.3 Å². The van der Waals surface area contributed by atoms with E-state index in [9.17, 15) is 4.79 Å². The lowest BCUT2D eigenvalue weighted by molar-refractivity contribution is 0.0956. The van der Waals surface area contributed by atoms with Gasteiger partial charge in [0.25, 0.3) is 0 Å². The van der Waals surface area contributed by atoms with Crippen molar-refractivity contribution in [1.82, 2.24) is 9.78 Å². The summed E-state index contributed by atoms with van der Waals surface area (Å²) in [6.07, 6.45) is 3.41. The molecule has 19 heavy (non-hydrogen) atoms. The van der Waals surface area contributed by atoms with Gasteiger partial charge in [0.05, 0.1) is 24.4 Å². The van der Waals surface area contributed by atoms with E-state index < -0.39 is 0 Å². The van der Waals surface area contributed by atoms with E-state index in [0.29, 0.717) is 19.8 Å². The number of aromatic nitrogens is 2. The third-order valence-corrected chi connectivity index (χ3v) is 3.05. The summed E-state index contributed by atoms with van der Waals surface area (Å²) >= 11 is 0. The normalized spacial score (nSPS) is 10.9. The number of rotatable bonds is 10. The maximum atomic E-state index is 11.1. The van der Waals surface area contributed by atoms with Crippen LogP contribution < -0.4 is 0 Å². The SMILES string of the molecule is CCc1nn(CCOCCCOC)c(CC)c1C=O. The van der Waals surface area contributed by atoms with Gasteiger partial charge in [-0.15, -0.1) is 0 Å². The number of methoxy groups -OCH3 is 1. The molecule has 0 amide bonds. The Kier molecular flexibility index (Phi) is 7.36. The Balaban J connectivity index is 2.53. The number of nitrogens with zero attached hydrogens (tertiary/aromatic N) is 2. The van der Waals surface area contributed by atoms with E-state index in [1.165, 1.54) is 0 Å². The Bertz CT molecular complexity index is 388. The van der Waals surface area contributed by atoms with Gasteiger partial charge in [-0.05, 0) is 19.3 Å². The molecule has 0 bridgehead atoms. The highest BCUT2D eigenvalue weighted by atomic mass is 16.5. The second kappa shape index (κ2) is 8.82. The van der Waals surface area contributed by atoms with Gasteiger partial charge in [-0.1, -0.05) is 13.8 Å². The fraction of sp³-hybridized carbons (Fsp3) is 0.714. The smallest absolute Gasteiger partial charge is 0.153 e. The maximum Gasteiger partial charge on any atom is 0.153 e. The minimum Gasteiger partial charge on any atom is -0.385 e. The summed E-state index contributed by atoms with van der Waals surface area (Å²) in [7, 11) is 1.69. The molecule has 1 aromatic rings. The van der Waals surface area contributed by atoms with Gasteiger partial charge in [0.1, 0.15) is 0 Å². The van der Waals surface area contributed by atoms with Crippen LogP contribution in [0, 0.1) is 0 Å². The standard InChI is InChI=1S/C14H24N2O3/c1-4-13-12(11-17)14(5-2)16(15-13)7-10-19-9-6-8-18-3/h11H,4-10H2,1-3H3. The van der Waals surface area contributed by atoms with Gasteiger partial charge in [0, 0.05) is 26.0 Å². The molecule has 0 N–H and O–H groups in total. The Labute approximate surface area is 114 Å². The van der Waals surface area contributed by atoms with Crippen LogP contribution in [0.25, 0.3) is 0 Å². The molecular formula is C14H24N2O3. The minimum atomic E-state index is 0.611. The second-order valence-corrected chi connectivity index (χ2v) is 4.31. The summed E-state index contributed by atoms with van der Waals surface area (Å²) in [4.78, 5) is 11.1. The van der Waals surface area contributed by atoms with Crippen LogP contribution in [0.1, 0.15) is 42.0 Å². The molecule has 0 fully saturated rings. The molecule has 0 aromatic carbocycles. The van der Waals surface area contributed by atoms with Gasteiger partial charge in [-0.25, -0.2) is 0 Å². The number of carbonyl (C=O) groups excluding carboxylic acids is 1. The zero-order valence-corrected chi connectivity index (χ0v) is 12.1. The average Bonchev–Trinajstić information content (AvgIpc) is 2.79. The van der Waals surface area contributed by atoms with Crippen molar-refractivity contribution >= 4 is 6.29 Å². The van der Waals surface area contributed by atoms with Crippen molar-refractivity contribution in [3.05, 3.63) is 17.0 Å². The molecule has 0 unspecified atom stereocenters. The van der Waals surface area contributed by atoms with Crippen LogP contribution in [0.3, 0.4) is 0 Å². The summed E-state index contributed by atoms with van der Waals surface area (Å²) < 4.78 is 12.4. The predicted molar refractivity (Wildman–Crippen MR) is 73.7 cm³/mol. The van der Waals surface area contributed by atoms with Crippen molar-refractivity contribution in [2.75, 3.05) is 26.9 Å². The van der Waals surface area contributed by atoms with Crippen LogP contribution >= 0.6 is 0 Å². The Morgan fingerprint density at radius 2 is 2.00 bits per heavy atom. The largest absolute Gasteiger partial charge is 0.385 e. The van der Waals surface area contributed by atoms with E-state index in [4.69, 9.17) is 9.47 Å². The van der Waals surface area contributed by atoms with Crippen molar-refractivity contribution in [3.8, 4) is 0 Å². The van der Waals surface area contributed by atoms with Gasteiger partial charge in [0.15, 0.2) is 6.29 Å². The van der Waals surface area contributed by atoms with Crippen molar-refractivity contribution in [3.63, 3.8) is 0 Å². The summed E-state index contributed by atoms with van der Waals surface area (Å²) in [6, 6.07) is 0. The lowest BCUT2D eigenvalue weighted by Crippen LogP contribution is -2.12. The summed E-state index contributed by atoms with van der Waals surface area (Å²) in [5, 5.41) is 4.49. The lowest BCUT2D eigenvalue weighted by atomic mass is 10.1. The third kappa shape index (κ3) is 4.44. The molecule has 0 saturated carbocycles. The van der Waals surface area contributed by atoms with Crippen LogP contribution in [-0.2, 0) is 28.9 Å². The molecule has 0 radical (unpaired) electrons. The number of hydrogen-bond acceptors (Lipinski definition) is 4. The first-order valence-corrected chi connectivity index (χ1v) is 6.88. The molecule has 0 aliphatic heterocycles. The molecule has 0 saturated heterocycles. The number of ether oxygens (including phenoxy) is 2. The first-order chi connectivity index (χ1) is 9.28. The molecule has 1 heterocycles. The van der Waals surface area contributed by atoms with Gasteiger partial charge >= 0.3 is 0 Å². The Morgan fingerprint density at radius 1 is 1.21 bits per heavy atom. The van der Waals surface area contributed by atoms with Gasteiger partial charge in [-0.2, -0.15) is 5.10 Å². The molecule has 0 aliphatic rings. The molecule has 5 heteroatoms. The number of aldehydes is 1. The van der Waals surface area contributed by atoms with Crippen LogP contribution in [0.4, 0.5) is 0 Å². The molecule has 0 aliphatic carbocycles. The Hall–Kier alpha value is -1.20. The third-order valence-electron chi connectivity index (χ3n) is 3.05. The topological polar surface area (TPSA) is 53.4 Å². The summed E-state index contributed by atoms with van der Waals surface area (Å²) in [5.41, 5.74) is 2.64. The number of carbonyl (C=O) groups is 1. The van der Waals surface area contributed by atoms with E-state index in [1.807, 2.05) is 18.5 Å². The molecular weight excluding hydrogens is 244 g/mol. The first-order valence-electron chi connectivity index (χ1n) is 6.88. The van der Waals surface area contributed by atoms with Gasteiger partial charge in [-0.3, -0.25) is 9.48 Å². The average molecular weight is 268 g/mol. The number of aryl methyl sites for hydroxylation is 1. The van der Waals surface area contributed by atoms with Crippen molar-refractivity contribution in [2.24, 2.45) is 0 Å². The molecule has 0 atom stereocenters. The highest BCUT2D eigenvalue weighted by Crippen LogP contribution is 2.14. The lowest BCUT2D eigenvalue weighted by Gasteiger charge is -2.07. The van der Waals surface area contributed by atoms with E-state index >= 15 is 0 Å². The highest BCUT2D eigenvalue weighted by molar-refractivity contribution is 5.78. The molecule has 5 nitrogen and oxygen atoms in total. The van der Waals surface area contributed by atoms with E-state index in [-0.39, 0.29) is 0 Å². The van der Waals surface area contributed by atoms with E-state index in [0.717, 1.165) is 49.1 Å². The summed E-state index contributed by atoms with van der Waals surface area (Å²) in [6.45, 7) is 6.77. The van der Waals surface area contributed by atoms with Crippen LogP contribution in [0.5, 0.6) is 0 Å². The van der Waals surface area contributed by atoms with Gasteiger partial charge in [0.2, 0.25) is 0 Å². The fourth-order valence-electron chi connectivity index (χ4n) is 2.08. The summed E-state index contributed by atoms with van der Waals surface area (Å²) in [5.74, 6) is 0. The van der Waals surface area contributed by atoms with Gasteiger partial charge < -0.3 is 9.47 Å². The molecule has 1 rings (SSSR count). The van der Waals surface area contributed by atoms with Crippen LogP contribution in [-0.4, -0.2) is 43.0 Å². The molecule has 0 spiro atoms.